The second kappa shape index (κ2) is 10.9. The number of thiophene rings is 1. The van der Waals surface area contributed by atoms with Crippen molar-refractivity contribution in [2.75, 3.05) is 11.9 Å². The number of hydrogen-bond donors (Lipinski definition) is 3. The lowest BCUT2D eigenvalue weighted by Gasteiger charge is -2.63. The predicted molar refractivity (Wildman–Crippen MR) is 179 cm³/mol. The van der Waals surface area contributed by atoms with Crippen LogP contribution >= 0.6 is 11.3 Å². The Balaban J connectivity index is 1.18. The summed E-state index contributed by atoms with van der Waals surface area (Å²) in [4.78, 5) is 15.7. The number of ether oxygens (including phenoxy) is 2. The molecule has 7 rings (SSSR count). The van der Waals surface area contributed by atoms with Gasteiger partial charge in [0.05, 0.1) is 17.1 Å². The number of nitrogens with one attached hydrogen (secondary N) is 1. The van der Waals surface area contributed by atoms with Crippen molar-refractivity contribution in [1.82, 2.24) is 0 Å². The summed E-state index contributed by atoms with van der Waals surface area (Å²) in [6.45, 7) is 13.0. The van der Waals surface area contributed by atoms with Gasteiger partial charge in [0.2, 0.25) is 0 Å². The van der Waals surface area contributed by atoms with Gasteiger partial charge in [0.1, 0.15) is 12.8 Å². The molecule has 9 heteroatoms. The van der Waals surface area contributed by atoms with Crippen LogP contribution in [0.4, 0.5) is 14.5 Å². The number of carbonyl (C=O) groups excluding carboxylic acids is 1. The van der Waals surface area contributed by atoms with Gasteiger partial charge in [-0.2, -0.15) is 0 Å². The van der Waals surface area contributed by atoms with E-state index in [1.807, 2.05) is 31.2 Å². The van der Waals surface area contributed by atoms with Crippen LogP contribution in [0.3, 0.4) is 0 Å². The van der Waals surface area contributed by atoms with Crippen molar-refractivity contribution in [3.8, 4) is 0 Å². The Hall–Kier alpha value is -2.69. The number of Topliss-reactive ketones (excluding diaryl/α,β-unsaturated/α-hetero) is 1. The van der Waals surface area contributed by atoms with E-state index in [-0.39, 0.29) is 24.8 Å². The Labute approximate surface area is 279 Å². The van der Waals surface area contributed by atoms with Crippen molar-refractivity contribution in [2.24, 2.45) is 22.7 Å². The third-order valence-corrected chi connectivity index (χ3v) is 12.9. The van der Waals surface area contributed by atoms with E-state index in [1.54, 1.807) is 25.2 Å². The van der Waals surface area contributed by atoms with Gasteiger partial charge in [-0.1, -0.05) is 43.9 Å². The van der Waals surface area contributed by atoms with Crippen molar-refractivity contribution in [3.63, 3.8) is 0 Å². The first-order valence-electron chi connectivity index (χ1n) is 16.6. The summed E-state index contributed by atoms with van der Waals surface area (Å²) in [5.74, 6) is -1.98. The Morgan fingerprint density at radius 3 is 2.66 bits per heavy atom. The van der Waals surface area contributed by atoms with Crippen LogP contribution in [-0.4, -0.2) is 57.8 Å². The van der Waals surface area contributed by atoms with E-state index in [2.05, 4.69) is 44.8 Å². The zero-order valence-electron chi connectivity index (χ0n) is 27.7. The van der Waals surface area contributed by atoms with Crippen molar-refractivity contribution >= 4 is 22.8 Å². The molecule has 1 aliphatic heterocycles. The first-order valence-corrected chi connectivity index (χ1v) is 17.4. The lowest BCUT2D eigenvalue weighted by Crippen LogP contribution is -2.70. The normalized spacial score (nSPS) is 40.7. The van der Waals surface area contributed by atoms with E-state index >= 15 is 8.78 Å². The molecule has 5 aliphatic rings. The van der Waals surface area contributed by atoms with E-state index in [0.29, 0.717) is 17.6 Å². The van der Waals surface area contributed by atoms with Crippen LogP contribution in [-0.2, 0) is 20.7 Å². The van der Waals surface area contributed by atoms with Gasteiger partial charge in [-0.05, 0) is 93.9 Å². The molecular weight excluding hydrogens is 620 g/mol. The quantitative estimate of drug-likeness (QED) is 0.303. The summed E-state index contributed by atoms with van der Waals surface area (Å²) in [7, 11) is 0. The summed E-state index contributed by atoms with van der Waals surface area (Å²) in [5.41, 5.74) is -3.25. The maximum atomic E-state index is 17.7. The fourth-order valence-electron chi connectivity index (χ4n) is 9.77. The van der Waals surface area contributed by atoms with Crippen molar-refractivity contribution in [2.45, 2.75) is 102 Å². The number of hydrogen-bond acceptors (Lipinski definition) is 7. The second-order valence-corrected chi connectivity index (χ2v) is 16.9. The molecule has 6 nitrogen and oxygen atoms in total. The Bertz CT molecular complexity index is 1680. The van der Waals surface area contributed by atoms with E-state index in [9.17, 15) is 15.0 Å². The van der Waals surface area contributed by atoms with Gasteiger partial charge in [-0.15, -0.1) is 11.3 Å². The molecule has 0 radical (unpaired) electrons. The zero-order chi connectivity index (χ0) is 33.7. The molecule has 0 unspecified atom stereocenters. The van der Waals surface area contributed by atoms with Crippen LogP contribution in [0.25, 0.3) is 0 Å². The van der Waals surface area contributed by atoms with Crippen molar-refractivity contribution in [1.29, 1.82) is 0 Å². The van der Waals surface area contributed by atoms with Crippen LogP contribution in [0.5, 0.6) is 0 Å². The molecule has 3 N–H and O–H groups in total. The maximum absolute atomic E-state index is 17.7. The molecule has 0 spiro atoms. The van der Waals surface area contributed by atoms with E-state index in [1.165, 1.54) is 11.3 Å². The number of rotatable bonds is 6. The van der Waals surface area contributed by atoms with E-state index < -0.39 is 71.0 Å². The molecule has 47 heavy (non-hydrogen) atoms. The average Bonchev–Trinajstić information content (AvgIpc) is 3.68. The third-order valence-electron chi connectivity index (χ3n) is 11.8. The molecule has 1 aromatic heterocycles. The highest BCUT2D eigenvalue weighted by Crippen LogP contribution is 2.72. The number of alkyl halides is 2. The van der Waals surface area contributed by atoms with Crippen LogP contribution < -0.4 is 5.32 Å². The first kappa shape index (κ1) is 32.8. The summed E-state index contributed by atoms with van der Waals surface area (Å²) in [5, 5.41) is 25.5. The minimum Gasteiger partial charge on any atom is -0.390 e. The van der Waals surface area contributed by atoms with Gasteiger partial charge in [-0.3, -0.25) is 4.79 Å². The number of allylic oxidation sites excluding steroid dienone is 5. The highest BCUT2D eigenvalue weighted by atomic mass is 32.1. The fourth-order valence-corrected chi connectivity index (χ4v) is 10.8. The minimum atomic E-state index is -2.17. The number of aliphatic hydroxyl groups is 2. The summed E-state index contributed by atoms with van der Waals surface area (Å²) in [6.07, 6.45) is 1.09. The molecule has 4 aliphatic carbocycles. The molecule has 1 saturated heterocycles. The Morgan fingerprint density at radius 2 is 1.94 bits per heavy atom. The molecule has 0 bridgehead atoms. The lowest BCUT2D eigenvalue weighted by atomic mass is 9.44. The summed E-state index contributed by atoms with van der Waals surface area (Å²) >= 11 is 1.54. The number of halogens is 2. The van der Waals surface area contributed by atoms with Gasteiger partial charge in [0.25, 0.3) is 0 Å². The number of ketones is 1. The van der Waals surface area contributed by atoms with Gasteiger partial charge >= 0.3 is 0 Å². The SMILES string of the molecule is C=C1C=C[C@@]2(C)C(=C1)[C@@H](F)C[C@H]1[C@@H]3C[C@H]4O[C@@H](c5ccc(Cc6cccc(NC(C)(C)C)c6)s5)O[C@@]4(C(=O)CO)[C@@]3(C)C[C@H](O)[C@@]12F. The van der Waals surface area contributed by atoms with Gasteiger partial charge in [0.15, 0.2) is 23.3 Å². The molecule has 2 aromatic rings. The molecule has 252 valence electrons. The molecule has 2 heterocycles. The number of aliphatic hydroxyl groups excluding tert-OH is 2. The largest absolute Gasteiger partial charge is 0.390 e. The molecule has 10 atom stereocenters. The monoisotopic (exact) mass is 665 g/mol. The van der Waals surface area contributed by atoms with Crippen LogP contribution in [0.1, 0.15) is 75.5 Å². The van der Waals surface area contributed by atoms with Gasteiger partial charge in [-0.25, -0.2) is 8.78 Å². The highest BCUT2D eigenvalue weighted by Gasteiger charge is 2.80. The molecular formula is C38H45F2NO5S. The molecule has 3 saturated carbocycles. The number of fused-ring (bicyclic) bond motifs is 7. The number of benzene rings is 1. The molecule has 4 fully saturated rings. The predicted octanol–water partition coefficient (Wildman–Crippen LogP) is 7.18. The zero-order valence-corrected chi connectivity index (χ0v) is 28.5. The molecule has 1 aromatic carbocycles. The third kappa shape index (κ3) is 4.71. The summed E-state index contributed by atoms with van der Waals surface area (Å²) in [6, 6.07) is 12.3. The average molecular weight is 666 g/mol. The lowest BCUT2D eigenvalue weighted by molar-refractivity contribution is -0.234. The Kier molecular flexibility index (Phi) is 7.62. The topological polar surface area (TPSA) is 88.0 Å². The Morgan fingerprint density at radius 1 is 1.17 bits per heavy atom. The van der Waals surface area contributed by atoms with E-state index in [0.717, 1.165) is 21.0 Å². The minimum absolute atomic E-state index is 0.0629. The summed E-state index contributed by atoms with van der Waals surface area (Å²) < 4.78 is 46.9. The maximum Gasteiger partial charge on any atom is 0.194 e. The van der Waals surface area contributed by atoms with Gasteiger partial charge < -0.3 is 25.0 Å². The standard InChI is InChI=1S/C38H45F2NO5S/c1-21-12-13-35(5)27(14-21)28(39)17-26-25-18-32-38(31(44)20-42,36(25,6)19-30(43)37(26,35)40)46-33(45-32)29-11-10-24(47-29)16-22-8-7-9-23(15-22)41-34(2,3)4/h7-15,25-26,28,30,32-33,41-43H,1,16-20H2,2-6H3/t25-,26-,28-,30-,32+,33+,35-,36-,37-,38+/m0/s1. The fraction of sp³-hybridized carbons (Fsp3) is 0.553. The van der Waals surface area contributed by atoms with E-state index in [4.69, 9.17) is 9.47 Å². The van der Waals surface area contributed by atoms with Crippen LogP contribution in [0.2, 0.25) is 0 Å². The number of carbonyl (C=O) groups is 1. The smallest absolute Gasteiger partial charge is 0.194 e. The second-order valence-electron chi connectivity index (χ2n) is 15.7. The van der Waals surface area contributed by atoms with Crippen LogP contribution in [0, 0.1) is 22.7 Å². The van der Waals surface area contributed by atoms with Crippen molar-refractivity contribution in [3.05, 3.63) is 87.7 Å². The van der Waals surface area contributed by atoms with Crippen molar-refractivity contribution < 1.29 is 33.3 Å². The number of anilines is 1. The highest BCUT2D eigenvalue weighted by molar-refractivity contribution is 7.12. The molecule has 0 amide bonds. The first-order chi connectivity index (χ1) is 22.1. The van der Waals surface area contributed by atoms with Gasteiger partial charge in [0, 0.05) is 39.3 Å². The van der Waals surface area contributed by atoms with Crippen LogP contribution in [0.15, 0.2) is 72.4 Å².